The molecule has 0 atom stereocenters. The number of hydrogen-bond donors (Lipinski definition) is 1. The number of likely N-dealkylation sites (N-methyl/N-ethyl adjacent to an activating group) is 1. The summed E-state index contributed by atoms with van der Waals surface area (Å²) in [5.74, 6) is 0.781. The van der Waals surface area contributed by atoms with Crippen LogP contribution in [-0.2, 0) is 6.54 Å². The van der Waals surface area contributed by atoms with Crippen molar-refractivity contribution >= 4 is 11.6 Å². The summed E-state index contributed by atoms with van der Waals surface area (Å²) in [4.78, 5) is 4.62. The summed E-state index contributed by atoms with van der Waals surface area (Å²) in [6.45, 7) is 8.46. The molecule has 0 radical (unpaired) electrons. The average molecular weight is 285 g/mol. The zero-order chi connectivity index (χ0) is 14.4. The number of phenolic OH excluding ortho intramolecular Hbond substituents is 1. The Morgan fingerprint density at radius 3 is 2.42 bits per heavy atom. The van der Waals surface area contributed by atoms with Crippen molar-refractivity contribution in [2.24, 2.45) is 5.92 Å². The van der Waals surface area contributed by atoms with Crippen LogP contribution in [-0.4, -0.2) is 48.6 Å². The first-order valence-electron chi connectivity index (χ1n) is 6.73. The highest BCUT2D eigenvalue weighted by atomic mass is 35.5. The first-order valence-corrected chi connectivity index (χ1v) is 7.10. The predicted molar refractivity (Wildman–Crippen MR) is 81.8 cm³/mol. The monoisotopic (exact) mass is 284 g/mol. The van der Waals surface area contributed by atoms with Gasteiger partial charge in [0, 0.05) is 26.2 Å². The molecule has 0 heterocycles. The van der Waals surface area contributed by atoms with E-state index < -0.39 is 0 Å². The van der Waals surface area contributed by atoms with E-state index in [4.69, 9.17) is 11.6 Å². The van der Waals surface area contributed by atoms with Crippen molar-refractivity contribution in [1.82, 2.24) is 9.80 Å². The van der Waals surface area contributed by atoms with Crippen molar-refractivity contribution < 1.29 is 5.11 Å². The van der Waals surface area contributed by atoms with E-state index in [2.05, 4.69) is 37.7 Å². The minimum Gasteiger partial charge on any atom is -0.506 e. The van der Waals surface area contributed by atoms with Gasteiger partial charge >= 0.3 is 0 Å². The van der Waals surface area contributed by atoms with Crippen LogP contribution in [0.25, 0.3) is 0 Å². The lowest BCUT2D eigenvalue weighted by Gasteiger charge is -2.26. The summed E-state index contributed by atoms with van der Waals surface area (Å²) in [6.07, 6.45) is 0. The number of aromatic hydroxyl groups is 1. The SMILES string of the molecule is CC(C)CN(CCN(C)C)Cc1ccc(O)c(Cl)c1. The number of nitrogens with zero attached hydrogens (tertiary/aromatic N) is 2. The van der Waals surface area contributed by atoms with Crippen molar-refractivity contribution in [3.8, 4) is 5.75 Å². The molecule has 19 heavy (non-hydrogen) atoms. The predicted octanol–water partition coefficient (Wildman–Crippen LogP) is 3.07. The zero-order valence-electron chi connectivity index (χ0n) is 12.4. The maximum Gasteiger partial charge on any atom is 0.134 e. The zero-order valence-corrected chi connectivity index (χ0v) is 13.1. The van der Waals surface area contributed by atoms with Gasteiger partial charge in [0.1, 0.15) is 5.75 Å². The van der Waals surface area contributed by atoms with E-state index in [1.165, 1.54) is 0 Å². The Bertz CT molecular complexity index is 394. The molecule has 0 saturated carbocycles. The maximum absolute atomic E-state index is 9.45. The molecule has 1 aromatic carbocycles. The Balaban J connectivity index is 2.66. The molecule has 4 heteroatoms. The second-order valence-corrected chi connectivity index (χ2v) is 6.13. The summed E-state index contributed by atoms with van der Waals surface area (Å²) in [7, 11) is 4.18. The lowest BCUT2D eigenvalue weighted by molar-refractivity contribution is 0.211. The van der Waals surface area contributed by atoms with Gasteiger partial charge in [0.15, 0.2) is 0 Å². The number of phenols is 1. The molecule has 0 aliphatic carbocycles. The third kappa shape index (κ3) is 6.28. The van der Waals surface area contributed by atoms with Crippen LogP contribution in [0.1, 0.15) is 19.4 Å². The van der Waals surface area contributed by atoms with E-state index in [1.807, 2.05) is 12.1 Å². The first-order chi connectivity index (χ1) is 8.88. The van der Waals surface area contributed by atoms with Gasteiger partial charge in [-0.05, 0) is 37.7 Å². The first kappa shape index (κ1) is 16.3. The number of benzene rings is 1. The van der Waals surface area contributed by atoms with Gasteiger partial charge in [0.2, 0.25) is 0 Å². The van der Waals surface area contributed by atoms with E-state index in [1.54, 1.807) is 6.07 Å². The molecule has 0 spiro atoms. The Hall–Kier alpha value is -0.770. The molecule has 0 aliphatic heterocycles. The highest BCUT2D eigenvalue weighted by molar-refractivity contribution is 6.32. The van der Waals surface area contributed by atoms with Gasteiger partial charge in [-0.1, -0.05) is 31.5 Å². The van der Waals surface area contributed by atoms with E-state index >= 15 is 0 Å². The van der Waals surface area contributed by atoms with Crippen LogP contribution in [0, 0.1) is 5.92 Å². The Morgan fingerprint density at radius 1 is 1.21 bits per heavy atom. The van der Waals surface area contributed by atoms with Crippen molar-refractivity contribution in [2.45, 2.75) is 20.4 Å². The number of hydrogen-bond acceptors (Lipinski definition) is 3. The molecule has 0 amide bonds. The average Bonchev–Trinajstić information content (AvgIpc) is 2.30. The molecule has 3 nitrogen and oxygen atoms in total. The molecule has 0 aliphatic rings. The molecule has 0 saturated heterocycles. The third-order valence-electron chi connectivity index (χ3n) is 2.91. The Morgan fingerprint density at radius 2 is 1.89 bits per heavy atom. The Labute approximate surface area is 121 Å². The summed E-state index contributed by atoms with van der Waals surface area (Å²) < 4.78 is 0. The van der Waals surface area contributed by atoms with Crippen molar-refractivity contribution in [1.29, 1.82) is 0 Å². The van der Waals surface area contributed by atoms with Crippen molar-refractivity contribution in [2.75, 3.05) is 33.7 Å². The van der Waals surface area contributed by atoms with Crippen LogP contribution in [0.2, 0.25) is 5.02 Å². The lowest BCUT2D eigenvalue weighted by atomic mass is 10.1. The van der Waals surface area contributed by atoms with Crippen LogP contribution < -0.4 is 0 Å². The van der Waals surface area contributed by atoms with Crippen LogP contribution in [0.15, 0.2) is 18.2 Å². The molecule has 1 rings (SSSR count). The fourth-order valence-electron chi connectivity index (χ4n) is 2.00. The van der Waals surface area contributed by atoms with Crippen LogP contribution in [0.3, 0.4) is 0 Å². The molecule has 108 valence electrons. The molecular formula is C15H25ClN2O. The van der Waals surface area contributed by atoms with E-state index in [0.717, 1.165) is 31.7 Å². The Kier molecular flexibility index (Phi) is 6.63. The largest absolute Gasteiger partial charge is 0.506 e. The second kappa shape index (κ2) is 7.73. The molecule has 0 bridgehead atoms. The van der Waals surface area contributed by atoms with E-state index in [9.17, 15) is 5.11 Å². The van der Waals surface area contributed by atoms with Crippen molar-refractivity contribution in [3.63, 3.8) is 0 Å². The van der Waals surface area contributed by atoms with E-state index in [-0.39, 0.29) is 5.75 Å². The third-order valence-corrected chi connectivity index (χ3v) is 3.21. The molecule has 1 aromatic rings. The molecular weight excluding hydrogens is 260 g/mol. The molecule has 0 aromatic heterocycles. The van der Waals surface area contributed by atoms with Gasteiger partial charge in [0.05, 0.1) is 5.02 Å². The molecule has 0 unspecified atom stereocenters. The molecule has 1 N–H and O–H groups in total. The second-order valence-electron chi connectivity index (χ2n) is 5.72. The van der Waals surface area contributed by atoms with Gasteiger partial charge in [-0.25, -0.2) is 0 Å². The highest BCUT2D eigenvalue weighted by Gasteiger charge is 2.10. The lowest BCUT2D eigenvalue weighted by Crippen LogP contribution is -2.33. The fraction of sp³-hybridized carbons (Fsp3) is 0.600. The van der Waals surface area contributed by atoms with Crippen LogP contribution in [0.4, 0.5) is 0 Å². The fourth-order valence-corrected chi connectivity index (χ4v) is 2.20. The van der Waals surface area contributed by atoms with Gasteiger partial charge < -0.3 is 10.0 Å². The van der Waals surface area contributed by atoms with Gasteiger partial charge in [-0.3, -0.25) is 4.90 Å². The minimum absolute atomic E-state index is 0.147. The number of halogens is 1. The topological polar surface area (TPSA) is 26.7 Å². The summed E-state index contributed by atoms with van der Waals surface area (Å²) >= 11 is 5.95. The summed E-state index contributed by atoms with van der Waals surface area (Å²) in [5, 5.41) is 9.87. The quantitative estimate of drug-likeness (QED) is 0.834. The van der Waals surface area contributed by atoms with Gasteiger partial charge in [0.25, 0.3) is 0 Å². The number of rotatable bonds is 7. The highest BCUT2D eigenvalue weighted by Crippen LogP contribution is 2.24. The summed E-state index contributed by atoms with van der Waals surface area (Å²) in [6, 6.07) is 5.45. The summed E-state index contributed by atoms with van der Waals surface area (Å²) in [5.41, 5.74) is 1.14. The van der Waals surface area contributed by atoms with Gasteiger partial charge in [-0.15, -0.1) is 0 Å². The standard InChI is InChI=1S/C15H25ClN2O/c1-12(2)10-18(8-7-17(3)4)11-13-5-6-15(19)14(16)9-13/h5-6,9,12,19H,7-8,10-11H2,1-4H3. The smallest absolute Gasteiger partial charge is 0.134 e. The van der Waals surface area contributed by atoms with Crippen LogP contribution >= 0.6 is 11.6 Å². The minimum atomic E-state index is 0.147. The van der Waals surface area contributed by atoms with E-state index in [0.29, 0.717) is 10.9 Å². The maximum atomic E-state index is 9.45. The normalized spacial score (nSPS) is 11.8. The van der Waals surface area contributed by atoms with Crippen LogP contribution in [0.5, 0.6) is 5.75 Å². The molecule has 0 fully saturated rings. The van der Waals surface area contributed by atoms with Gasteiger partial charge in [-0.2, -0.15) is 0 Å². The van der Waals surface area contributed by atoms with Crippen molar-refractivity contribution in [3.05, 3.63) is 28.8 Å².